The molecule has 102 valence electrons. The third-order valence-corrected chi connectivity index (χ3v) is 4.32. The number of rotatable bonds is 2. The number of fused-ring (bicyclic) bond motifs is 1. The van der Waals surface area contributed by atoms with Crippen LogP contribution in [0, 0.1) is 5.92 Å². The molecule has 1 fully saturated rings. The van der Waals surface area contributed by atoms with Crippen molar-refractivity contribution >= 4 is 11.0 Å². The fourth-order valence-corrected chi connectivity index (χ4v) is 3.10. The van der Waals surface area contributed by atoms with E-state index in [-0.39, 0.29) is 5.69 Å². The summed E-state index contributed by atoms with van der Waals surface area (Å²) in [5.74, 6) is 0.777. The number of hydrogen-bond acceptors (Lipinski definition) is 2. The molecule has 0 bridgehead atoms. The van der Waals surface area contributed by atoms with E-state index in [4.69, 9.17) is 0 Å². The van der Waals surface area contributed by atoms with Gasteiger partial charge in [0.2, 0.25) is 0 Å². The van der Waals surface area contributed by atoms with Crippen LogP contribution in [0.15, 0.2) is 23.0 Å². The lowest BCUT2D eigenvalue weighted by atomic mass is 9.91. The molecule has 0 saturated carbocycles. The second-order valence-corrected chi connectivity index (χ2v) is 5.62. The van der Waals surface area contributed by atoms with Crippen molar-refractivity contribution in [2.75, 3.05) is 13.1 Å². The minimum atomic E-state index is 0.0500. The highest BCUT2D eigenvalue weighted by Gasteiger charge is 2.14. The van der Waals surface area contributed by atoms with Gasteiger partial charge in [0.1, 0.15) is 0 Å². The Kier molecular flexibility index (Phi) is 3.19. The van der Waals surface area contributed by atoms with Crippen LogP contribution in [0.1, 0.15) is 18.4 Å². The normalized spacial score (nSPS) is 17.2. The van der Waals surface area contributed by atoms with Crippen molar-refractivity contribution in [1.82, 2.24) is 14.5 Å². The monoisotopic (exact) mass is 259 g/mol. The fourth-order valence-electron chi connectivity index (χ4n) is 3.10. The Morgan fingerprint density at radius 1 is 1.16 bits per heavy atom. The number of aromatic nitrogens is 2. The summed E-state index contributed by atoms with van der Waals surface area (Å²) in [6.07, 6.45) is 3.64. The van der Waals surface area contributed by atoms with Crippen molar-refractivity contribution in [1.29, 1.82) is 0 Å². The van der Waals surface area contributed by atoms with Crippen molar-refractivity contribution in [3.05, 3.63) is 34.2 Å². The largest absolute Gasteiger partial charge is 0.328 e. The Labute approximate surface area is 113 Å². The first-order chi connectivity index (χ1) is 9.16. The van der Waals surface area contributed by atoms with Crippen LogP contribution in [-0.4, -0.2) is 22.2 Å². The molecule has 1 aromatic heterocycles. The Morgan fingerprint density at radius 2 is 1.84 bits per heavy atom. The number of aryl methyl sites for hydroxylation is 2. The lowest BCUT2D eigenvalue weighted by Gasteiger charge is -2.22. The Morgan fingerprint density at radius 3 is 2.58 bits per heavy atom. The summed E-state index contributed by atoms with van der Waals surface area (Å²) < 4.78 is 3.45. The molecule has 1 aliphatic heterocycles. The molecule has 3 rings (SSSR count). The minimum absolute atomic E-state index is 0.0500. The molecule has 1 aromatic carbocycles. The molecule has 1 aliphatic rings. The molecule has 0 unspecified atom stereocenters. The molecule has 4 nitrogen and oxygen atoms in total. The van der Waals surface area contributed by atoms with Crippen LogP contribution in [0.4, 0.5) is 0 Å². The third-order valence-electron chi connectivity index (χ3n) is 4.32. The smallest absolute Gasteiger partial charge is 0.317 e. The van der Waals surface area contributed by atoms with Crippen molar-refractivity contribution < 1.29 is 0 Å². The highest BCUT2D eigenvalue weighted by Crippen LogP contribution is 2.21. The zero-order chi connectivity index (χ0) is 13.4. The number of imidazole rings is 1. The highest BCUT2D eigenvalue weighted by molar-refractivity contribution is 5.76. The van der Waals surface area contributed by atoms with Gasteiger partial charge >= 0.3 is 5.69 Å². The number of hydrogen-bond donors (Lipinski definition) is 1. The van der Waals surface area contributed by atoms with E-state index < -0.39 is 0 Å². The number of benzene rings is 1. The Hall–Kier alpha value is -1.55. The van der Waals surface area contributed by atoms with E-state index in [0.717, 1.165) is 36.5 Å². The first-order valence-electron chi connectivity index (χ1n) is 7.02. The van der Waals surface area contributed by atoms with Crippen LogP contribution in [0.25, 0.3) is 11.0 Å². The topological polar surface area (TPSA) is 39.0 Å². The van der Waals surface area contributed by atoms with Gasteiger partial charge in [0.25, 0.3) is 0 Å². The standard InChI is InChI=1S/C15H21N3O/c1-17-13-4-3-12(9-11-5-7-16-8-6-11)10-14(13)18(2)15(17)19/h3-4,10-11,16H,5-9H2,1-2H3. The van der Waals surface area contributed by atoms with Gasteiger partial charge in [-0.25, -0.2) is 4.79 Å². The maximum atomic E-state index is 11.9. The average Bonchev–Trinajstić information content (AvgIpc) is 2.65. The van der Waals surface area contributed by atoms with Crippen molar-refractivity contribution in [2.45, 2.75) is 19.3 Å². The molecule has 19 heavy (non-hydrogen) atoms. The van der Waals surface area contributed by atoms with E-state index in [1.54, 1.807) is 9.13 Å². The number of piperidine rings is 1. The van der Waals surface area contributed by atoms with Crippen LogP contribution < -0.4 is 11.0 Å². The summed E-state index contributed by atoms with van der Waals surface area (Å²) in [6, 6.07) is 6.43. The van der Waals surface area contributed by atoms with Gasteiger partial charge in [-0.2, -0.15) is 0 Å². The van der Waals surface area contributed by atoms with Gasteiger partial charge < -0.3 is 5.32 Å². The van der Waals surface area contributed by atoms with Crippen LogP contribution in [0.3, 0.4) is 0 Å². The van der Waals surface area contributed by atoms with Gasteiger partial charge in [0.15, 0.2) is 0 Å². The lowest BCUT2D eigenvalue weighted by Crippen LogP contribution is -2.28. The summed E-state index contributed by atoms with van der Waals surface area (Å²) in [5.41, 5.74) is 3.45. The summed E-state index contributed by atoms with van der Waals surface area (Å²) >= 11 is 0. The first kappa shape index (κ1) is 12.5. The third kappa shape index (κ3) is 2.21. The first-order valence-corrected chi connectivity index (χ1v) is 7.02. The summed E-state index contributed by atoms with van der Waals surface area (Å²) in [5, 5.41) is 3.40. The predicted octanol–water partition coefficient (Wildman–Crippen LogP) is 1.42. The molecular weight excluding hydrogens is 238 g/mol. The molecule has 0 atom stereocenters. The molecule has 2 heterocycles. The zero-order valence-electron chi connectivity index (χ0n) is 11.6. The predicted molar refractivity (Wildman–Crippen MR) is 77.5 cm³/mol. The van der Waals surface area contributed by atoms with Gasteiger partial charge in [-0.15, -0.1) is 0 Å². The van der Waals surface area contributed by atoms with E-state index in [9.17, 15) is 4.79 Å². The number of nitrogens with one attached hydrogen (secondary N) is 1. The van der Waals surface area contributed by atoms with Crippen LogP contribution >= 0.6 is 0 Å². The second kappa shape index (κ2) is 4.85. The van der Waals surface area contributed by atoms with Gasteiger partial charge in [-0.05, 0) is 56.0 Å². The van der Waals surface area contributed by atoms with E-state index in [0.29, 0.717) is 0 Å². The van der Waals surface area contributed by atoms with E-state index in [1.807, 2.05) is 14.1 Å². The van der Waals surface area contributed by atoms with Gasteiger partial charge in [-0.3, -0.25) is 9.13 Å². The zero-order valence-corrected chi connectivity index (χ0v) is 11.6. The summed E-state index contributed by atoms with van der Waals surface area (Å²) in [7, 11) is 3.68. The molecule has 0 radical (unpaired) electrons. The van der Waals surface area contributed by atoms with E-state index in [2.05, 4.69) is 23.5 Å². The summed E-state index contributed by atoms with van der Waals surface area (Å²) in [6.45, 7) is 2.27. The molecule has 0 spiro atoms. The van der Waals surface area contributed by atoms with Gasteiger partial charge in [0.05, 0.1) is 11.0 Å². The highest BCUT2D eigenvalue weighted by atomic mass is 16.1. The fraction of sp³-hybridized carbons (Fsp3) is 0.533. The maximum absolute atomic E-state index is 11.9. The van der Waals surface area contributed by atoms with Crippen molar-refractivity contribution in [3.8, 4) is 0 Å². The van der Waals surface area contributed by atoms with E-state index >= 15 is 0 Å². The Bertz CT molecular complexity index is 647. The molecule has 1 saturated heterocycles. The molecule has 1 N–H and O–H groups in total. The molecule has 0 aliphatic carbocycles. The Balaban J connectivity index is 1.93. The second-order valence-electron chi connectivity index (χ2n) is 5.62. The maximum Gasteiger partial charge on any atom is 0.328 e. The lowest BCUT2D eigenvalue weighted by molar-refractivity contribution is 0.373. The average molecular weight is 259 g/mol. The van der Waals surface area contributed by atoms with Crippen molar-refractivity contribution in [2.24, 2.45) is 20.0 Å². The molecule has 0 amide bonds. The minimum Gasteiger partial charge on any atom is -0.317 e. The van der Waals surface area contributed by atoms with Gasteiger partial charge in [0, 0.05) is 14.1 Å². The van der Waals surface area contributed by atoms with Crippen LogP contribution in [0.2, 0.25) is 0 Å². The van der Waals surface area contributed by atoms with Crippen molar-refractivity contribution in [3.63, 3.8) is 0 Å². The SMILES string of the molecule is Cn1c(=O)n(C)c2cc(CC3CCNCC3)ccc21. The van der Waals surface area contributed by atoms with E-state index in [1.165, 1.54) is 18.4 Å². The quantitative estimate of drug-likeness (QED) is 0.886. The number of nitrogens with zero attached hydrogens (tertiary/aromatic N) is 2. The molecule has 2 aromatic rings. The van der Waals surface area contributed by atoms with Crippen LogP contribution in [-0.2, 0) is 20.5 Å². The van der Waals surface area contributed by atoms with Gasteiger partial charge in [-0.1, -0.05) is 6.07 Å². The molecule has 4 heteroatoms. The summed E-state index contributed by atoms with van der Waals surface area (Å²) in [4.78, 5) is 11.9. The molecular formula is C15H21N3O. The van der Waals surface area contributed by atoms with Crippen LogP contribution in [0.5, 0.6) is 0 Å².